The second-order valence-electron chi connectivity index (χ2n) is 6.31. The lowest BCUT2D eigenvalue weighted by molar-refractivity contribution is -0.136. The van der Waals surface area contributed by atoms with E-state index in [1.807, 2.05) is 0 Å². The summed E-state index contributed by atoms with van der Waals surface area (Å²) in [6, 6.07) is 6.62. The van der Waals surface area contributed by atoms with Crippen molar-refractivity contribution in [2.24, 2.45) is 0 Å². The van der Waals surface area contributed by atoms with Gasteiger partial charge in [0.2, 0.25) is 0 Å². The van der Waals surface area contributed by atoms with Gasteiger partial charge in [0, 0.05) is 17.3 Å². The summed E-state index contributed by atoms with van der Waals surface area (Å²) in [5, 5.41) is 3.03. The van der Waals surface area contributed by atoms with Gasteiger partial charge in [-0.1, -0.05) is 12.1 Å². The summed E-state index contributed by atoms with van der Waals surface area (Å²) >= 11 is 5.39. The van der Waals surface area contributed by atoms with Gasteiger partial charge < -0.3 is 10.1 Å². The van der Waals surface area contributed by atoms with Crippen LogP contribution >= 0.6 is 12.2 Å². The van der Waals surface area contributed by atoms with E-state index in [4.69, 9.17) is 17.0 Å². The molecule has 1 aliphatic rings. The molecule has 0 spiro atoms. The standard InChI is InChI=1S/C20H17F3N2O2S/c1-10-4-6-13(9-15(10)22)25-11(2)17(19(26)27-3)18(24-20(25)28)14-7-5-12(21)8-16(14)23/h4-9,18H,1-3H3,(H,24,28)/t18-/m1/s1. The van der Waals surface area contributed by atoms with Crippen LogP contribution in [0.2, 0.25) is 0 Å². The molecule has 0 aromatic heterocycles. The number of aryl methyl sites for hydroxylation is 1. The van der Waals surface area contributed by atoms with Crippen molar-refractivity contribution in [3.63, 3.8) is 0 Å². The number of thiocarbonyl (C=S) groups is 1. The molecule has 28 heavy (non-hydrogen) atoms. The SMILES string of the molecule is COC(=O)C1=C(C)N(c2ccc(C)c(F)c2)C(=S)N[C@@H]1c1ccc(F)cc1F. The van der Waals surface area contributed by atoms with E-state index in [0.717, 1.165) is 12.1 Å². The average molecular weight is 406 g/mol. The maximum atomic E-state index is 14.4. The van der Waals surface area contributed by atoms with Gasteiger partial charge in [-0.25, -0.2) is 18.0 Å². The Morgan fingerprint density at radius 3 is 2.43 bits per heavy atom. The maximum Gasteiger partial charge on any atom is 0.337 e. The fourth-order valence-electron chi connectivity index (χ4n) is 3.12. The fraction of sp³-hybridized carbons (Fsp3) is 0.200. The highest BCUT2D eigenvalue weighted by Gasteiger charge is 2.36. The number of nitrogens with one attached hydrogen (secondary N) is 1. The number of allylic oxidation sites excluding steroid dienone is 1. The van der Waals surface area contributed by atoms with Crippen LogP contribution in [0.1, 0.15) is 24.1 Å². The van der Waals surface area contributed by atoms with Gasteiger partial charge in [0.1, 0.15) is 17.5 Å². The van der Waals surface area contributed by atoms with Gasteiger partial charge in [0.05, 0.1) is 24.4 Å². The smallest absolute Gasteiger partial charge is 0.337 e. The molecule has 0 bridgehead atoms. The number of benzene rings is 2. The van der Waals surface area contributed by atoms with Crippen molar-refractivity contribution >= 4 is 29.0 Å². The normalized spacial score (nSPS) is 16.9. The molecule has 146 valence electrons. The van der Waals surface area contributed by atoms with E-state index >= 15 is 0 Å². The van der Waals surface area contributed by atoms with Crippen LogP contribution in [0.3, 0.4) is 0 Å². The summed E-state index contributed by atoms with van der Waals surface area (Å²) in [6.07, 6.45) is 0. The van der Waals surface area contributed by atoms with E-state index < -0.39 is 29.5 Å². The van der Waals surface area contributed by atoms with Crippen LogP contribution in [0, 0.1) is 24.4 Å². The number of esters is 1. The van der Waals surface area contributed by atoms with E-state index in [2.05, 4.69) is 5.32 Å². The van der Waals surface area contributed by atoms with Crippen LogP contribution in [0.25, 0.3) is 0 Å². The van der Waals surface area contributed by atoms with Crippen molar-refractivity contribution in [2.75, 3.05) is 12.0 Å². The highest BCUT2D eigenvalue weighted by atomic mass is 32.1. The molecule has 1 N–H and O–H groups in total. The fourth-order valence-corrected chi connectivity index (χ4v) is 3.48. The third kappa shape index (κ3) is 3.47. The third-order valence-corrected chi connectivity index (χ3v) is 4.88. The Morgan fingerprint density at radius 1 is 1.11 bits per heavy atom. The summed E-state index contributed by atoms with van der Waals surface area (Å²) < 4.78 is 46.6. The van der Waals surface area contributed by atoms with Crippen molar-refractivity contribution in [3.8, 4) is 0 Å². The second kappa shape index (κ2) is 7.63. The Morgan fingerprint density at radius 2 is 1.82 bits per heavy atom. The van der Waals surface area contributed by atoms with E-state index in [9.17, 15) is 18.0 Å². The van der Waals surface area contributed by atoms with Gasteiger partial charge >= 0.3 is 5.97 Å². The van der Waals surface area contributed by atoms with Gasteiger partial charge in [0.25, 0.3) is 0 Å². The molecule has 0 unspecified atom stereocenters. The second-order valence-corrected chi connectivity index (χ2v) is 6.69. The van der Waals surface area contributed by atoms with Crippen LogP contribution in [0.4, 0.5) is 18.9 Å². The zero-order valence-electron chi connectivity index (χ0n) is 15.3. The number of ether oxygens (including phenoxy) is 1. The molecular formula is C20H17F3N2O2S. The molecule has 0 radical (unpaired) electrons. The molecule has 0 aliphatic carbocycles. The van der Waals surface area contributed by atoms with Gasteiger partial charge in [0.15, 0.2) is 5.11 Å². The molecule has 3 rings (SSSR count). The maximum absolute atomic E-state index is 14.4. The predicted molar refractivity (Wildman–Crippen MR) is 103 cm³/mol. The summed E-state index contributed by atoms with van der Waals surface area (Å²) in [7, 11) is 1.20. The molecule has 2 aromatic carbocycles. The van der Waals surface area contributed by atoms with Gasteiger partial charge in [-0.05, 0) is 49.8 Å². The molecule has 0 saturated heterocycles. The highest BCUT2D eigenvalue weighted by Crippen LogP contribution is 2.35. The number of anilines is 1. The van der Waals surface area contributed by atoms with E-state index in [1.165, 1.54) is 24.1 Å². The lowest BCUT2D eigenvalue weighted by Gasteiger charge is -2.37. The molecule has 2 aromatic rings. The molecule has 8 heteroatoms. The molecular weight excluding hydrogens is 389 g/mol. The lowest BCUT2D eigenvalue weighted by Crippen LogP contribution is -2.48. The first-order valence-electron chi connectivity index (χ1n) is 8.35. The Hall–Kier alpha value is -2.87. The summed E-state index contributed by atoms with van der Waals surface area (Å²) in [5.41, 5.74) is 1.34. The average Bonchev–Trinajstić information content (AvgIpc) is 2.63. The summed E-state index contributed by atoms with van der Waals surface area (Å²) in [5.74, 6) is -2.71. The predicted octanol–water partition coefficient (Wildman–Crippen LogP) is 4.30. The number of hydrogen-bond donors (Lipinski definition) is 1. The van der Waals surface area contributed by atoms with E-state index in [1.54, 1.807) is 26.0 Å². The van der Waals surface area contributed by atoms with Gasteiger partial charge in [-0.15, -0.1) is 0 Å². The number of nitrogens with zero attached hydrogens (tertiary/aromatic N) is 1. The molecule has 4 nitrogen and oxygen atoms in total. The van der Waals surface area contributed by atoms with Crippen molar-refractivity contribution < 1.29 is 22.7 Å². The number of rotatable bonds is 3. The highest BCUT2D eigenvalue weighted by molar-refractivity contribution is 7.80. The lowest BCUT2D eigenvalue weighted by atomic mass is 9.94. The van der Waals surface area contributed by atoms with Crippen LogP contribution in [-0.2, 0) is 9.53 Å². The Balaban J connectivity index is 2.17. The van der Waals surface area contributed by atoms with Gasteiger partial charge in [-0.2, -0.15) is 0 Å². The van der Waals surface area contributed by atoms with Crippen molar-refractivity contribution in [2.45, 2.75) is 19.9 Å². The van der Waals surface area contributed by atoms with Crippen molar-refractivity contribution in [1.29, 1.82) is 0 Å². The van der Waals surface area contributed by atoms with Crippen LogP contribution in [0.5, 0.6) is 0 Å². The van der Waals surface area contributed by atoms with Crippen molar-refractivity contribution in [3.05, 3.63) is 76.2 Å². The monoisotopic (exact) mass is 406 g/mol. The molecule has 1 atom stereocenters. The topological polar surface area (TPSA) is 41.6 Å². The minimum Gasteiger partial charge on any atom is -0.466 e. The van der Waals surface area contributed by atoms with E-state index in [0.29, 0.717) is 16.9 Å². The molecule has 1 heterocycles. The first kappa shape index (κ1) is 19.9. The Bertz CT molecular complexity index is 1010. The number of halogens is 3. The number of carbonyl (C=O) groups is 1. The minimum absolute atomic E-state index is 0.0400. The molecule has 0 saturated carbocycles. The number of carbonyl (C=O) groups excluding carboxylic acids is 1. The Labute approximate surface area is 165 Å². The van der Waals surface area contributed by atoms with Crippen molar-refractivity contribution in [1.82, 2.24) is 5.32 Å². The number of methoxy groups -OCH3 is 1. The molecule has 0 amide bonds. The number of hydrogen-bond acceptors (Lipinski definition) is 3. The minimum atomic E-state index is -0.980. The molecule has 0 fully saturated rings. The largest absolute Gasteiger partial charge is 0.466 e. The zero-order valence-corrected chi connectivity index (χ0v) is 16.2. The van der Waals surface area contributed by atoms with Crippen LogP contribution in [-0.4, -0.2) is 18.2 Å². The molecule has 1 aliphatic heterocycles. The summed E-state index contributed by atoms with van der Waals surface area (Å²) in [4.78, 5) is 14.0. The summed E-state index contributed by atoms with van der Waals surface area (Å²) in [6.45, 7) is 3.23. The quantitative estimate of drug-likeness (QED) is 0.608. The first-order chi connectivity index (χ1) is 13.2. The zero-order chi connectivity index (χ0) is 20.6. The first-order valence-corrected chi connectivity index (χ1v) is 8.76. The third-order valence-electron chi connectivity index (χ3n) is 4.58. The van der Waals surface area contributed by atoms with E-state index in [-0.39, 0.29) is 16.2 Å². The van der Waals surface area contributed by atoms with Crippen LogP contribution in [0.15, 0.2) is 47.7 Å². The van der Waals surface area contributed by atoms with Gasteiger partial charge in [-0.3, -0.25) is 4.90 Å². The Kier molecular flexibility index (Phi) is 5.42. The van der Waals surface area contributed by atoms with Crippen LogP contribution < -0.4 is 10.2 Å².